The van der Waals surface area contributed by atoms with E-state index in [4.69, 9.17) is 0 Å². The van der Waals surface area contributed by atoms with Crippen molar-refractivity contribution >= 4 is 35.8 Å². The molecule has 1 heterocycles. The van der Waals surface area contributed by atoms with Crippen molar-refractivity contribution < 1.29 is 59.4 Å². The lowest BCUT2D eigenvalue weighted by atomic mass is 10.3. The third-order valence-electron chi connectivity index (χ3n) is 5.69. The fourth-order valence-electron chi connectivity index (χ4n) is 3.87. The molecule has 40 heavy (non-hydrogen) atoms. The number of aliphatic carboxylic acids is 6. The van der Waals surface area contributed by atoms with Crippen molar-refractivity contribution in [2.75, 3.05) is 91.6 Å². The highest BCUT2D eigenvalue weighted by Gasteiger charge is 2.22. The highest BCUT2D eigenvalue weighted by Crippen LogP contribution is 2.05. The molecule has 0 aromatic carbocycles. The second-order valence-corrected chi connectivity index (χ2v) is 8.95. The van der Waals surface area contributed by atoms with E-state index in [2.05, 4.69) is 0 Å². The van der Waals surface area contributed by atoms with Crippen molar-refractivity contribution in [3.8, 4) is 0 Å². The number of rotatable bonds is 12. The monoisotopic (exact) mass is 576 g/mol. The molecule has 0 unspecified atom stereocenters. The molecule has 0 spiro atoms. The van der Waals surface area contributed by atoms with Gasteiger partial charge in [0.15, 0.2) is 0 Å². The summed E-state index contributed by atoms with van der Waals surface area (Å²) in [6.07, 6.45) is 2.45. The maximum absolute atomic E-state index is 11.5. The fraction of sp³-hybridized carbons (Fsp3) is 0.636. The summed E-state index contributed by atoms with van der Waals surface area (Å²) in [6, 6.07) is 0. The van der Waals surface area contributed by atoms with E-state index < -0.39 is 75.1 Å². The van der Waals surface area contributed by atoms with Gasteiger partial charge in [-0.25, -0.2) is 5.01 Å². The number of carboxylic acid groups (broad SMARTS) is 6. The Hall–Kier alpha value is -4.00. The van der Waals surface area contributed by atoms with Gasteiger partial charge in [0.05, 0.1) is 19.6 Å². The molecule has 0 aromatic heterocycles. The zero-order valence-corrected chi connectivity index (χ0v) is 21.9. The van der Waals surface area contributed by atoms with Gasteiger partial charge in [0.25, 0.3) is 0 Å². The van der Waals surface area contributed by atoms with Gasteiger partial charge in [0.1, 0.15) is 19.6 Å². The Morgan fingerprint density at radius 2 is 0.775 bits per heavy atom. The minimum Gasteiger partial charge on any atom is -0.480 e. The van der Waals surface area contributed by atoms with E-state index in [1.165, 1.54) is 32.0 Å². The van der Waals surface area contributed by atoms with Crippen molar-refractivity contribution in [2.24, 2.45) is 0 Å². The summed E-state index contributed by atoms with van der Waals surface area (Å²) in [5.74, 6) is -7.36. The summed E-state index contributed by atoms with van der Waals surface area (Å²) in [5.41, 5.74) is 0. The minimum absolute atomic E-state index is 0.00123. The van der Waals surface area contributed by atoms with Gasteiger partial charge in [-0.05, 0) is 0 Å². The lowest BCUT2D eigenvalue weighted by molar-refractivity contribution is -0.149. The number of hydrogen-bond acceptors (Lipinski definition) is 12. The molecule has 0 amide bonds. The summed E-state index contributed by atoms with van der Waals surface area (Å²) in [6.45, 7) is -2.90. The van der Waals surface area contributed by atoms with Crippen LogP contribution >= 0.6 is 0 Å². The van der Waals surface area contributed by atoms with Crippen molar-refractivity contribution in [3.63, 3.8) is 0 Å². The highest BCUT2D eigenvalue weighted by atomic mass is 16.4. The normalized spacial score (nSPS) is 18.7. The van der Waals surface area contributed by atoms with Crippen LogP contribution in [0.25, 0.3) is 0 Å². The first-order chi connectivity index (χ1) is 18.7. The summed E-state index contributed by atoms with van der Waals surface area (Å²) in [4.78, 5) is 74.5. The van der Waals surface area contributed by atoms with Gasteiger partial charge in [0, 0.05) is 64.8 Å². The third kappa shape index (κ3) is 15.4. The van der Waals surface area contributed by atoms with Crippen LogP contribution in [-0.2, 0) is 28.8 Å². The molecule has 0 saturated carbocycles. The summed E-state index contributed by atoms with van der Waals surface area (Å²) in [7, 11) is 0. The van der Waals surface area contributed by atoms with Crippen LogP contribution in [0.3, 0.4) is 0 Å². The largest absolute Gasteiger partial charge is 0.480 e. The summed E-state index contributed by atoms with van der Waals surface area (Å²) >= 11 is 0. The smallest absolute Gasteiger partial charge is 0.324 e. The Morgan fingerprint density at radius 3 is 1.15 bits per heavy atom. The quantitative estimate of drug-likeness (QED) is 0.133. The first kappa shape index (κ1) is 34.0. The van der Waals surface area contributed by atoms with Gasteiger partial charge in [-0.3, -0.25) is 48.5 Å². The van der Waals surface area contributed by atoms with Gasteiger partial charge in [0.2, 0.25) is 0 Å². The van der Waals surface area contributed by atoms with Crippen LogP contribution in [0.5, 0.6) is 0 Å². The molecule has 1 aliphatic rings. The first-order valence-corrected chi connectivity index (χ1v) is 12.2. The van der Waals surface area contributed by atoms with Crippen molar-refractivity contribution in [1.82, 2.24) is 29.6 Å². The number of nitrogens with zero attached hydrogens (tertiary/aromatic N) is 6. The van der Waals surface area contributed by atoms with Crippen LogP contribution in [0.1, 0.15) is 0 Å². The molecule has 1 aliphatic heterocycles. The van der Waals surface area contributed by atoms with E-state index in [1.54, 1.807) is 0 Å². The highest BCUT2D eigenvalue weighted by molar-refractivity contribution is 5.71. The van der Waals surface area contributed by atoms with E-state index >= 15 is 0 Å². The van der Waals surface area contributed by atoms with Crippen molar-refractivity contribution in [3.05, 3.63) is 12.4 Å². The Kier molecular flexibility index (Phi) is 14.9. The standard InChI is InChI=1S/C22H36N6O12/c29-17(30)11-23-1-2-24(12-18(31)32)4-6-26(14-20(35)36)8-10-28(16-22(39)40)27(15-21(37)38)9-7-25(5-3-23)13-19(33)34/h7,9H,1-6,8,10-16H2,(H,29,30)(H,31,32)(H,33,34)(H,35,36)(H,37,38)(H,39,40)/b9-7-. The minimum atomic E-state index is -1.32. The second-order valence-electron chi connectivity index (χ2n) is 8.95. The lowest BCUT2D eigenvalue weighted by Gasteiger charge is -2.35. The number of carbonyl (C=O) groups is 6. The Labute approximate surface area is 229 Å². The molecule has 226 valence electrons. The molecule has 0 radical (unpaired) electrons. The average molecular weight is 577 g/mol. The zero-order chi connectivity index (χ0) is 30.2. The van der Waals surface area contributed by atoms with Gasteiger partial charge in [-0.15, -0.1) is 0 Å². The number of hydrazine groups is 1. The molecule has 18 heteroatoms. The first-order valence-electron chi connectivity index (χ1n) is 12.2. The van der Waals surface area contributed by atoms with Crippen LogP contribution in [0, 0.1) is 0 Å². The molecule has 0 bridgehead atoms. The molecule has 0 saturated heterocycles. The fourth-order valence-corrected chi connectivity index (χ4v) is 3.87. The van der Waals surface area contributed by atoms with Gasteiger partial charge in [-0.2, -0.15) is 0 Å². The van der Waals surface area contributed by atoms with Crippen molar-refractivity contribution in [2.45, 2.75) is 0 Å². The van der Waals surface area contributed by atoms with Crippen LogP contribution in [0.15, 0.2) is 12.4 Å². The zero-order valence-electron chi connectivity index (χ0n) is 21.9. The average Bonchev–Trinajstić information content (AvgIpc) is 2.81. The molecule has 6 N–H and O–H groups in total. The van der Waals surface area contributed by atoms with Gasteiger partial charge < -0.3 is 35.5 Å². The van der Waals surface area contributed by atoms with E-state index in [-0.39, 0.29) is 52.4 Å². The Morgan fingerprint density at radius 1 is 0.425 bits per heavy atom. The lowest BCUT2D eigenvalue weighted by Crippen LogP contribution is -2.50. The number of carboxylic acids is 6. The van der Waals surface area contributed by atoms with E-state index in [1.807, 2.05) is 0 Å². The molecule has 0 atom stereocenters. The van der Waals surface area contributed by atoms with Crippen LogP contribution in [0.4, 0.5) is 0 Å². The molecule has 1 rings (SSSR count). The predicted molar refractivity (Wildman–Crippen MR) is 134 cm³/mol. The molecular weight excluding hydrogens is 540 g/mol. The number of hydrogen-bond donors (Lipinski definition) is 6. The SMILES string of the molecule is O=C(O)CN1/C=C\N(CC(=O)O)N(CC(=O)O)CCN(CC(=O)O)CCN(CC(=O)O)CCN(CC(=O)O)CC1. The summed E-state index contributed by atoms with van der Waals surface area (Å²) in [5, 5.41) is 58.3. The molecular formula is C22H36N6O12. The Bertz CT molecular complexity index is 932. The van der Waals surface area contributed by atoms with Crippen molar-refractivity contribution in [1.29, 1.82) is 0 Å². The van der Waals surface area contributed by atoms with Crippen LogP contribution < -0.4 is 0 Å². The van der Waals surface area contributed by atoms with Crippen LogP contribution in [0.2, 0.25) is 0 Å². The van der Waals surface area contributed by atoms with Gasteiger partial charge in [-0.1, -0.05) is 0 Å². The molecule has 0 aromatic rings. The predicted octanol–water partition coefficient (Wildman–Crippen LogP) is -3.29. The molecule has 18 nitrogen and oxygen atoms in total. The topological polar surface area (TPSA) is 243 Å². The maximum atomic E-state index is 11.5. The Balaban J connectivity index is 3.45. The van der Waals surface area contributed by atoms with E-state index in [9.17, 15) is 59.4 Å². The van der Waals surface area contributed by atoms with E-state index in [0.29, 0.717) is 0 Å². The van der Waals surface area contributed by atoms with Gasteiger partial charge >= 0.3 is 35.8 Å². The van der Waals surface area contributed by atoms with Crippen LogP contribution in [-0.4, -0.2) is 188 Å². The molecule has 0 fully saturated rings. The third-order valence-corrected chi connectivity index (χ3v) is 5.69. The second kappa shape index (κ2) is 17.6. The molecule has 0 aliphatic carbocycles. The van der Waals surface area contributed by atoms with E-state index in [0.717, 1.165) is 10.0 Å². The summed E-state index contributed by atoms with van der Waals surface area (Å²) < 4.78 is 0. The maximum Gasteiger partial charge on any atom is 0.324 e.